The van der Waals surface area contributed by atoms with Gasteiger partial charge in [-0.2, -0.15) is 0 Å². The van der Waals surface area contributed by atoms with Crippen LogP contribution in [0.1, 0.15) is 30.7 Å². The Labute approximate surface area is 182 Å². The standard InChI is InChI=1S/C23H20BrFN2O3/c1-30-23(29)21-19(13-5-7-14(24)8-6-13)20-17(3-2-4-18(20)28)27(22(21)26)16-11-9-15(25)10-12-16/h5-12,19H,2-4,26H2,1H3/t19-/m1/s1. The molecule has 0 aromatic heterocycles. The van der Waals surface area contributed by atoms with Crippen LogP contribution in [0.4, 0.5) is 10.1 Å². The molecule has 30 heavy (non-hydrogen) atoms. The number of carbonyl (C=O) groups excluding carboxylic acids is 2. The zero-order valence-electron chi connectivity index (χ0n) is 16.3. The predicted molar refractivity (Wildman–Crippen MR) is 115 cm³/mol. The van der Waals surface area contributed by atoms with E-state index in [1.807, 2.05) is 24.3 Å². The van der Waals surface area contributed by atoms with Gasteiger partial charge in [0.25, 0.3) is 0 Å². The lowest BCUT2D eigenvalue weighted by Crippen LogP contribution is -2.40. The number of methoxy groups -OCH3 is 1. The van der Waals surface area contributed by atoms with E-state index in [1.54, 1.807) is 17.0 Å². The summed E-state index contributed by atoms with van der Waals surface area (Å²) in [5, 5.41) is 0. The molecule has 1 aliphatic heterocycles. The number of hydrogen-bond donors (Lipinski definition) is 1. The number of nitrogens with zero attached hydrogens (tertiary/aromatic N) is 1. The molecule has 1 atom stereocenters. The highest BCUT2D eigenvalue weighted by molar-refractivity contribution is 9.10. The van der Waals surface area contributed by atoms with Gasteiger partial charge in [-0.3, -0.25) is 9.69 Å². The maximum atomic E-state index is 13.5. The predicted octanol–water partition coefficient (Wildman–Crippen LogP) is 4.54. The highest BCUT2D eigenvalue weighted by Crippen LogP contribution is 2.46. The van der Waals surface area contributed by atoms with Crippen LogP contribution in [-0.2, 0) is 14.3 Å². The van der Waals surface area contributed by atoms with Crippen molar-refractivity contribution in [3.05, 3.63) is 87.0 Å². The molecule has 1 aliphatic carbocycles. The van der Waals surface area contributed by atoms with E-state index in [9.17, 15) is 14.0 Å². The topological polar surface area (TPSA) is 72.6 Å². The SMILES string of the molecule is COC(=O)C1=C(N)N(c2ccc(F)cc2)C2=C(C(=O)CCC2)[C@H]1c1ccc(Br)cc1. The first-order valence-corrected chi connectivity index (χ1v) is 10.4. The number of nitrogens with two attached hydrogens (primary N) is 1. The Morgan fingerprint density at radius 2 is 1.80 bits per heavy atom. The Morgan fingerprint density at radius 3 is 2.43 bits per heavy atom. The summed E-state index contributed by atoms with van der Waals surface area (Å²) < 4.78 is 19.4. The van der Waals surface area contributed by atoms with Crippen LogP contribution in [0.2, 0.25) is 0 Å². The lowest BCUT2D eigenvalue weighted by atomic mass is 9.75. The molecule has 0 saturated carbocycles. The molecule has 2 aliphatic rings. The van der Waals surface area contributed by atoms with Gasteiger partial charge in [0.1, 0.15) is 11.6 Å². The number of anilines is 1. The van der Waals surface area contributed by atoms with E-state index < -0.39 is 11.9 Å². The number of Topliss-reactive ketones (excluding diaryl/α,β-unsaturated/α-hetero) is 1. The summed E-state index contributed by atoms with van der Waals surface area (Å²) in [6.07, 6.45) is 1.71. The van der Waals surface area contributed by atoms with Crippen LogP contribution < -0.4 is 10.6 Å². The second-order valence-corrected chi connectivity index (χ2v) is 8.14. The van der Waals surface area contributed by atoms with Gasteiger partial charge < -0.3 is 10.5 Å². The average Bonchev–Trinajstić information content (AvgIpc) is 2.74. The quantitative estimate of drug-likeness (QED) is 0.666. The van der Waals surface area contributed by atoms with Gasteiger partial charge in [-0.1, -0.05) is 28.1 Å². The molecule has 0 bridgehead atoms. The summed E-state index contributed by atoms with van der Waals surface area (Å²) in [7, 11) is 1.29. The number of rotatable bonds is 3. The maximum absolute atomic E-state index is 13.5. The Morgan fingerprint density at radius 1 is 1.13 bits per heavy atom. The summed E-state index contributed by atoms with van der Waals surface area (Å²) in [5.41, 5.74) is 9.40. The molecule has 0 fully saturated rings. The van der Waals surface area contributed by atoms with Crippen LogP contribution in [-0.4, -0.2) is 18.9 Å². The molecule has 2 N–H and O–H groups in total. The maximum Gasteiger partial charge on any atom is 0.338 e. The highest BCUT2D eigenvalue weighted by atomic mass is 79.9. The molecule has 4 rings (SSSR count). The van der Waals surface area contributed by atoms with Crippen molar-refractivity contribution in [2.75, 3.05) is 12.0 Å². The van der Waals surface area contributed by atoms with Gasteiger partial charge >= 0.3 is 5.97 Å². The Hall–Kier alpha value is -2.93. The molecule has 154 valence electrons. The highest BCUT2D eigenvalue weighted by Gasteiger charge is 2.42. The van der Waals surface area contributed by atoms with Crippen molar-refractivity contribution >= 4 is 33.4 Å². The van der Waals surface area contributed by atoms with Crippen LogP contribution in [0.5, 0.6) is 0 Å². The molecule has 0 saturated heterocycles. The molecule has 2 aromatic carbocycles. The van der Waals surface area contributed by atoms with E-state index in [2.05, 4.69) is 15.9 Å². The van der Waals surface area contributed by atoms with E-state index >= 15 is 0 Å². The van der Waals surface area contributed by atoms with E-state index in [0.717, 1.165) is 15.7 Å². The molecule has 1 heterocycles. The van der Waals surface area contributed by atoms with E-state index in [4.69, 9.17) is 10.5 Å². The second kappa shape index (κ2) is 8.07. The molecule has 0 spiro atoms. The summed E-state index contributed by atoms with van der Waals surface area (Å²) in [6.45, 7) is 0. The van der Waals surface area contributed by atoms with Crippen LogP contribution in [0, 0.1) is 5.82 Å². The number of esters is 1. The van der Waals surface area contributed by atoms with Crippen molar-refractivity contribution in [1.82, 2.24) is 0 Å². The number of benzene rings is 2. The van der Waals surface area contributed by atoms with Crippen molar-refractivity contribution in [2.45, 2.75) is 25.2 Å². The third kappa shape index (κ3) is 3.43. The number of halogens is 2. The van der Waals surface area contributed by atoms with Gasteiger partial charge in [0.15, 0.2) is 5.78 Å². The van der Waals surface area contributed by atoms with Gasteiger partial charge in [0.05, 0.1) is 18.6 Å². The summed E-state index contributed by atoms with van der Waals surface area (Å²) in [4.78, 5) is 27.6. The molecule has 0 amide bonds. The van der Waals surface area contributed by atoms with Crippen LogP contribution in [0.15, 0.2) is 75.7 Å². The number of ether oxygens (including phenoxy) is 1. The van der Waals surface area contributed by atoms with Gasteiger partial charge in [-0.05, 0) is 54.8 Å². The van der Waals surface area contributed by atoms with E-state index in [0.29, 0.717) is 30.5 Å². The molecular formula is C23H20BrFN2O3. The van der Waals surface area contributed by atoms with Crippen molar-refractivity contribution in [2.24, 2.45) is 5.73 Å². The molecule has 2 aromatic rings. The van der Waals surface area contributed by atoms with Crippen molar-refractivity contribution in [1.29, 1.82) is 0 Å². The molecule has 0 radical (unpaired) electrons. The first-order chi connectivity index (χ1) is 14.4. The van der Waals surface area contributed by atoms with Crippen LogP contribution in [0.25, 0.3) is 0 Å². The number of hydrogen-bond acceptors (Lipinski definition) is 5. The summed E-state index contributed by atoms with van der Waals surface area (Å²) in [5.74, 6) is -1.43. The number of allylic oxidation sites excluding steroid dienone is 2. The minimum Gasteiger partial charge on any atom is -0.466 e. The van der Waals surface area contributed by atoms with Crippen molar-refractivity contribution in [3.63, 3.8) is 0 Å². The lowest BCUT2D eigenvalue weighted by molar-refractivity contribution is -0.136. The fourth-order valence-electron chi connectivity index (χ4n) is 4.17. The van der Waals surface area contributed by atoms with Crippen molar-refractivity contribution in [3.8, 4) is 0 Å². The Kier molecular flexibility index (Phi) is 5.47. The third-order valence-corrected chi connectivity index (χ3v) is 6.01. The minimum atomic E-state index is -0.620. The van der Waals surface area contributed by atoms with Gasteiger partial charge in [0.2, 0.25) is 0 Å². The third-order valence-electron chi connectivity index (χ3n) is 5.49. The monoisotopic (exact) mass is 470 g/mol. The van der Waals surface area contributed by atoms with Crippen molar-refractivity contribution < 1.29 is 18.7 Å². The molecule has 7 heteroatoms. The van der Waals surface area contributed by atoms with Gasteiger partial charge in [0, 0.05) is 27.9 Å². The molecule has 5 nitrogen and oxygen atoms in total. The number of ketones is 1. The van der Waals surface area contributed by atoms with Gasteiger partial charge in [-0.15, -0.1) is 0 Å². The minimum absolute atomic E-state index is 0.0230. The summed E-state index contributed by atoms with van der Waals surface area (Å²) >= 11 is 3.42. The largest absolute Gasteiger partial charge is 0.466 e. The zero-order chi connectivity index (χ0) is 21.4. The Balaban J connectivity index is 1.99. The second-order valence-electron chi connectivity index (χ2n) is 7.22. The molecular weight excluding hydrogens is 451 g/mol. The summed E-state index contributed by atoms with van der Waals surface area (Å²) in [6, 6.07) is 13.3. The molecule has 0 unspecified atom stereocenters. The normalized spacial score (nSPS) is 19.1. The first kappa shape index (κ1) is 20.3. The Bertz CT molecular complexity index is 1070. The van der Waals surface area contributed by atoms with E-state index in [1.165, 1.54) is 19.2 Å². The fourth-order valence-corrected chi connectivity index (χ4v) is 4.43. The smallest absolute Gasteiger partial charge is 0.338 e. The average molecular weight is 471 g/mol. The lowest BCUT2D eigenvalue weighted by Gasteiger charge is -2.40. The van der Waals surface area contributed by atoms with E-state index in [-0.39, 0.29) is 23.0 Å². The van der Waals surface area contributed by atoms with Gasteiger partial charge in [-0.25, -0.2) is 9.18 Å². The first-order valence-electron chi connectivity index (χ1n) is 9.57. The van der Waals surface area contributed by atoms with Crippen LogP contribution in [0.3, 0.4) is 0 Å². The van der Waals surface area contributed by atoms with Crippen LogP contribution >= 0.6 is 15.9 Å². The number of carbonyl (C=O) groups is 2. The fraction of sp³-hybridized carbons (Fsp3) is 0.217. The zero-order valence-corrected chi connectivity index (χ0v) is 17.9.